The van der Waals surface area contributed by atoms with E-state index in [2.05, 4.69) is 43.5 Å². The summed E-state index contributed by atoms with van der Waals surface area (Å²) in [6, 6.07) is 4.62. The Bertz CT molecular complexity index is 671. The molecule has 126 valence electrons. The number of halogens is 3. The molecule has 1 heterocycles. The Hall–Kier alpha value is -0.740. The van der Waals surface area contributed by atoms with Gasteiger partial charge in [-0.15, -0.1) is 35.3 Å². The molecule has 1 aromatic carbocycles. The van der Waals surface area contributed by atoms with Crippen molar-refractivity contribution in [2.75, 3.05) is 7.05 Å². The van der Waals surface area contributed by atoms with Gasteiger partial charge in [0.2, 0.25) is 0 Å². The van der Waals surface area contributed by atoms with Crippen molar-refractivity contribution in [1.82, 2.24) is 15.6 Å². The molecule has 0 fully saturated rings. The molecule has 0 bridgehead atoms. The van der Waals surface area contributed by atoms with Gasteiger partial charge in [0, 0.05) is 22.9 Å². The molecule has 0 aliphatic heterocycles. The van der Waals surface area contributed by atoms with Gasteiger partial charge in [-0.2, -0.15) is 0 Å². The van der Waals surface area contributed by atoms with Crippen molar-refractivity contribution in [3.63, 3.8) is 0 Å². The van der Waals surface area contributed by atoms with Crippen LogP contribution in [0.15, 0.2) is 27.7 Å². The summed E-state index contributed by atoms with van der Waals surface area (Å²) in [5.41, 5.74) is 1.90. The molecule has 0 saturated carbocycles. The van der Waals surface area contributed by atoms with E-state index >= 15 is 0 Å². The van der Waals surface area contributed by atoms with Gasteiger partial charge in [0.25, 0.3) is 0 Å². The third-order valence-corrected chi connectivity index (χ3v) is 5.00. The van der Waals surface area contributed by atoms with E-state index in [-0.39, 0.29) is 29.8 Å². The summed E-state index contributed by atoms with van der Waals surface area (Å²) in [6.45, 7) is 5.16. The third-order valence-electron chi connectivity index (χ3n) is 3.16. The Balaban J connectivity index is 0.00000264. The summed E-state index contributed by atoms with van der Waals surface area (Å²) < 4.78 is 14.1. The SMILES string of the molecule is CN=C(NCc1nc(C)c(C)s1)NCc1cc(F)ccc1Br.I. The number of benzene rings is 1. The van der Waals surface area contributed by atoms with E-state index in [9.17, 15) is 4.39 Å². The number of guanidine groups is 1. The number of hydrogen-bond donors (Lipinski definition) is 2. The first-order valence-electron chi connectivity index (χ1n) is 6.81. The minimum Gasteiger partial charge on any atom is -0.352 e. The first-order chi connectivity index (χ1) is 10.5. The quantitative estimate of drug-likeness (QED) is 0.367. The van der Waals surface area contributed by atoms with E-state index in [0.717, 1.165) is 20.7 Å². The van der Waals surface area contributed by atoms with Gasteiger partial charge in [0.05, 0.1) is 12.2 Å². The summed E-state index contributed by atoms with van der Waals surface area (Å²) in [7, 11) is 1.70. The maximum Gasteiger partial charge on any atom is 0.191 e. The van der Waals surface area contributed by atoms with Gasteiger partial charge in [0.1, 0.15) is 10.8 Å². The van der Waals surface area contributed by atoms with Crippen LogP contribution in [0.1, 0.15) is 21.1 Å². The lowest BCUT2D eigenvalue weighted by Gasteiger charge is -2.12. The summed E-state index contributed by atoms with van der Waals surface area (Å²) in [5.74, 6) is 0.401. The second kappa shape index (κ2) is 9.53. The highest BCUT2D eigenvalue weighted by atomic mass is 127. The normalized spacial score (nSPS) is 11.1. The van der Waals surface area contributed by atoms with E-state index < -0.39 is 0 Å². The fourth-order valence-corrected chi connectivity index (χ4v) is 3.11. The van der Waals surface area contributed by atoms with E-state index in [1.54, 1.807) is 24.5 Å². The van der Waals surface area contributed by atoms with Crippen molar-refractivity contribution in [2.24, 2.45) is 4.99 Å². The van der Waals surface area contributed by atoms with Crippen LogP contribution >= 0.6 is 51.2 Å². The van der Waals surface area contributed by atoms with E-state index in [1.165, 1.54) is 17.0 Å². The van der Waals surface area contributed by atoms with Gasteiger partial charge in [-0.05, 0) is 37.6 Å². The van der Waals surface area contributed by atoms with Crippen LogP contribution in [-0.4, -0.2) is 18.0 Å². The second-order valence-corrected chi connectivity index (χ2v) is 6.91. The molecule has 2 N–H and O–H groups in total. The molecule has 0 saturated heterocycles. The maximum absolute atomic E-state index is 13.3. The second-order valence-electron chi connectivity index (χ2n) is 4.76. The molecule has 8 heteroatoms. The highest BCUT2D eigenvalue weighted by Crippen LogP contribution is 2.18. The van der Waals surface area contributed by atoms with Crippen molar-refractivity contribution in [3.05, 3.63) is 49.6 Å². The summed E-state index contributed by atoms with van der Waals surface area (Å²) in [6.07, 6.45) is 0. The minimum atomic E-state index is -0.253. The number of thiazole rings is 1. The summed E-state index contributed by atoms with van der Waals surface area (Å²) in [4.78, 5) is 9.86. The lowest BCUT2D eigenvalue weighted by atomic mass is 10.2. The van der Waals surface area contributed by atoms with Crippen LogP contribution in [0.3, 0.4) is 0 Å². The van der Waals surface area contributed by atoms with Crippen LogP contribution in [-0.2, 0) is 13.1 Å². The van der Waals surface area contributed by atoms with Crippen LogP contribution in [0.2, 0.25) is 0 Å². The minimum absolute atomic E-state index is 0. The maximum atomic E-state index is 13.3. The van der Waals surface area contributed by atoms with Crippen molar-refractivity contribution in [3.8, 4) is 0 Å². The molecule has 0 radical (unpaired) electrons. The lowest BCUT2D eigenvalue weighted by molar-refractivity contribution is 0.624. The summed E-state index contributed by atoms with van der Waals surface area (Å²) in [5, 5.41) is 7.39. The van der Waals surface area contributed by atoms with E-state index in [4.69, 9.17) is 0 Å². The van der Waals surface area contributed by atoms with Crippen LogP contribution in [0.5, 0.6) is 0 Å². The third kappa shape index (κ3) is 6.00. The Morgan fingerprint density at radius 2 is 2.00 bits per heavy atom. The molecule has 0 spiro atoms. The Kier molecular flexibility index (Phi) is 8.41. The zero-order chi connectivity index (χ0) is 16.1. The molecular weight excluding hydrogens is 494 g/mol. The van der Waals surface area contributed by atoms with Gasteiger partial charge >= 0.3 is 0 Å². The number of aryl methyl sites for hydroxylation is 2. The van der Waals surface area contributed by atoms with Crippen molar-refractivity contribution >= 4 is 57.2 Å². The average Bonchev–Trinajstić information content (AvgIpc) is 2.81. The van der Waals surface area contributed by atoms with Crippen LogP contribution in [0, 0.1) is 19.7 Å². The number of aromatic nitrogens is 1. The largest absolute Gasteiger partial charge is 0.352 e. The van der Waals surface area contributed by atoms with Crippen molar-refractivity contribution < 1.29 is 4.39 Å². The zero-order valence-electron chi connectivity index (χ0n) is 13.1. The molecule has 0 unspecified atom stereocenters. The predicted octanol–water partition coefficient (Wildman–Crippen LogP) is 4.14. The Labute approximate surface area is 165 Å². The standard InChI is InChI=1S/C15H18BrFN4S.HI/c1-9-10(2)22-14(21-9)8-20-15(18-3)19-7-11-6-12(17)4-5-13(11)16;/h4-6H,7-8H2,1-3H3,(H2,18,19,20);1H. The average molecular weight is 513 g/mol. The fraction of sp³-hybridized carbons (Fsp3) is 0.333. The highest BCUT2D eigenvalue weighted by Gasteiger charge is 2.06. The number of aliphatic imine (C=N–C) groups is 1. The highest BCUT2D eigenvalue weighted by molar-refractivity contribution is 14.0. The molecule has 23 heavy (non-hydrogen) atoms. The van der Waals surface area contributed by atoms with Crippen LogP contribution < -0.4 is 10.6 Å². The van der Waals surface area contributed by atoms with Crippen LogP contribution in [0.25, 0.3) is 0 Å². The summed E-state index contributed by atoms with van der Waals surface area (Å²) >= 11 is 5.09. The van der Waals surface area contributed by atoms with Gasteiger partial charge in [0.15, 0.2) is 5.96 Å². The molecule has 2 aromatic rings. The molecule has 4 nitrogen and oxygen atoms in total. The molecule has 0 amide bonds. The van der Waals surface area contributed by atoms with E-state index in [1.807, 2.05) is 6.92 Å². The monoisotopic (exact) mass is 512 g/mol. The van der Waals surface area contributed by atoms with Crippen molar-refractivity contribution in [1.29, 1.82) is 0 Å². The van der Waals surface area contributed by atoms with Gasteiger partial charge in [-0.1, -0.05) is 15.9 Å². The number of rotatable bonds is 4. The Morgan fingerprint density at radius 1 is 1.30 bits per heavy atom. The molecule has 0 aliphatic carbocycles. The van der Waals surface area contributed by atoms with Gasteiger partial charge < -0.3 is 10.6 Å². The molecular formula is C15H19BrFIN4S. The molecule has 0 aliphatic rings. The smallest absolute Gasteiger partial charge is 0.191 e. The fourth-order valence-electron chi connectivity index (χ4n) is 1.85. The number of hydrogen-bond acceptors (Lipinski definition) is 3. The first kappa shape index (κ1) is 20.3. The Morgan fingerprint density at radius 3 is 2.61 bits per heavy atom. The molecule has 2 rings (SSSR count). The van der Waals surface area contributed by atoms with Crippen LogP contribution in [0.4, 0.5) is 4.39 Å². The zero-order valence-corrected chi connectivity index (χ0v) is 17.8. The molecule has 1 aromatic heterocycles. The van der Waals surface area contributed by atoms with Crippen molar-refractivity contribution in [2.45, 2.75) is 26.9 Å². The number of nitrogens with zero attached hydrogens (tertiary/aromatic N) is 2. The lowest BCUT2D eigenvalue weighted by Crippen LogP contribution is -2.36. The van der Waals surface area contributed by atoms with E-state index in [0.29, 0.717) is 19.0 Å². The molecule has 0 atom stereocenters. The number of nitrogens with one attached hydrogen (secondary N) is 2. The first-order valence-corrected chi connectivity index (χ1v) is 8.42. The van der Waals surface area contributed by atoms with Gasteiger partial charge in [-0.3, -0.25) is 4.99 Å². The predicted molar refractivity (Wildman–Crippen MR) is 108 cm³/mol. The topological polar surface area (TPSA) is 49.3 Å². The van der Waals surface area contributed by atoms with Gasteiger partial charge in [-0.25, -0.2) is 9.37 Å².